The molecular formula is C12H25N3O2. The van der Waals surface area contributed by atoms with E-state index in [1.165, 1.54) is 0 Å². The Morgan fingerprint density at radius 3 is 2.29 bits per heavy atom. The fourth-order valence-corrected chi connectivity index (χ4v) is 1.49. The first-order valence-electron chi connectivity index (χ1n) is 6.31. The van der Waals surface area contributed by atoms with E-state index in [1.807, 2.05) is 20.8 Å². The quantitative estimate of drug-likeness (QED) is 0.651. The van der Waals surface area contributed by atoms with Crippen molar-refractivity contribution in [3.05, 3.63) is 0 Å². The van der Waals surface area contributed by atoms with Gasteiger partial charge in [-0.15, -0.1) is 0 Å². The SMILES string of the molecule is CCN(CC)C(=O)CCNC(=O)CCC(C)N. The molecule has 0 heterocycles. The van der Waals surface area contributed by atoms with Crippen molar-refractivity contribution in [2.24, 2.45) is 5.73 Å². The van der Waals surface area contributed by atoms with Crippen LogP contribution in [0.3, 0.4) is 0 Å². The minimum Gasteiger partial charge on any atom is -0.356 e. The molecule has 0 rings (SSSR count). The predicted octanol–water partition coefficient (Wildman–Crippen LogP) is 0.489. The van der Waals surface area contributed by atoms with Crippen LogP contribution in [-0.2, 0) is 9.59 Å². The first-order valence-corrected chi connectivity index (χ1v) is 6.31. The maximum atomic E-state index is 11.6. The molecule has 0 bridgehead atoms. The molecular weight excluding hydrogens is 218 g/mol. The van der Waals surface area contributed by atoms with Gasteiger partial charge in [0.2, 0.25) is 11.8 Å². The number of rotatable bonds is 8. The van der Waals surface area contributed by atoms with Crippen molar-refractivity contribution >= 4 is 11.8 Å². The number of nitrogens with one attached hydrogen (secondary N) is 1. The number of amides is 2. The van der Waals surface area contributed by atoms with Gasteiger partial charge >= 0.3 is 0 Å². The summed E-state index contributed by atoms with van der Waals surface area (Å²) in [5, 5.41) is 2.73. The maximum absolute atomic E-state index is 11.6. The fraction of sp³-hybridized carbons (Fsp3) is 0.833. The number of carbonyl (C=O) groups excluding carboxylic acids is 2. The van der Waals surface area contributed by atoms with Gasteiger partial charge < -0.3 is 16.0 Å². The van der Waals surface area contributed by atoms with Crippen molar-refractivity contribution in [1.82, 2.24) is 10.2 Å². The maximum Gasteiger partial charge on any atom is 0.224 e. The lowest BCUT2D eigenvalue weighted by Gasteiger charge is -2.18. The monoisotopic (exact) mass is 243 g/mol. The predicted molar refractivity (Wildman–Crippen MR) is 68.4 cm³/mol. The van der Waals surface area contributed by atoms with Crippen LogP contribution in [0, 0.1) is 0 Å². The lowest BCUT2D eigenvalue weighted by molar-refractivity contribution is -0.130. The number of nitrogens with two attached hydrogens (primary N) is 1. The van der Waals surface area contributed by atoms with Crippen LogP contribution in [0.25, 0.3) is 0 Å². The molecule has 0 aliphatic carbocycles. The second-order valence-electron chi connectivity index (χ2n) is 4.18. The van der Waals surface area contributed by atoms with Gasteiger partial charge in [0.25, 0.3) is 0 Å². The lowest BCUT2D eigenvalue weighted by atomic mass is 10.2. The second kappa shape index (κ2) is 8.98. The van der Waals surface area contributed by atoms with Gasteiger partial charge in [0.15, 0.2) is 0 Å². The highest BCUT2D eigenvalue weighted by Crippen LogP contribution is 1.95. The Kier molecular flexibility index (Phi) is 8.40. The standard InChI is InChI=1S/C12H25N3O2/c1-4-15(5-2)12(17)8-9-14-11(16)7-6-10(3)13/h10H,4-9,13H2,1-3H3,(H,14,16). The summed E-state index contributed by atoms with van der Waals surface area (Å²) in [4.78, 5) is 24.7. The topological polar surface area (TPSA) is 75.4 Å². The molecule has 0 aliphatic heterocycles. The first kappa shape index (κ1) is 15.9. The molecule has 0 aromatic carbocycles. The van der Waals surface area contributed by atoms with Gasteiger partial charge in [0, 0.05) is 38.5 Å². The zero-order chi connectivity index (χ0) is 13.3. The van der Waals surface area contributed by atoms with E-state index in [1.54, 1.807) is 4.90 Å². The van der Waals surface area contributed by atoms with Gasteiger partial charge in [-0.3, -0.25) is 9.59 Å². The van der Waals surface area contributed by atoms with E-state index in [9.17, 15) is 9.59 Å². The molecule has 1 unspecified atom stereocenters. The van der Waals surface area contributed by atoms with E-state index in [-0.39, 0.29) is 17.9 Å². The Morgan fingerprint density at radius 1 is 1.24 bits per heavy atom. The van der Waals surface area contributed by atoms with Crippen LogP contribution < -0.4 is 11.1 Å². The molecule has 2 amide bonds. The molecule has 0 aliphatic rings. The molecule has 5 nitrogen and oxygen atoms in total. The third-order valence-corrected chi connectivity index (χ3v) is 2.60. The van der Waals surface area contributed by atoms with Crippen molar-refractivity contribution < 1.29 is 9.59 Å². The summed E-state index contributed by atoms with van der Waals surface area (Å²) in [6.07, 6.45) is 1.47. The van der Waals surface area contributed by atoms with Crippen LogP contribution in [0.15, 0.2) is 0 Å². The molecule has 0 aromatic heterocycles. The Bertz CT molecular complexity index is 238. The fourth-order valence-electron chi connectivity index (χ4n) is 1.49. The Hall–Kier alpha value is -1.10. The molecule has 0 aromatic rings. The highest BCUT2D eigenvalue weighted by Gasteiger charge is 2.09. The van der Waals surface area contributed by atoms with Crippen LogP contribution >= 0.6 is 0 Å². The van der Waals surface area contributed by atoms with E-state index in [4.69, 9.17) is 5.73 Å². The Balaban J connectivity index is 3.69. The van der Waals surface area contributed by atoms with E-state index < -0.39 is 0 Å². The third kappa shape index (κ3) is 7.74. The summed E-state index contributed by atoms with van der Waals surface area (Å²) in [6.45, 7) is 7.61. The van der Waals surface area contributed by atoms with Crippen LogP contribution in [-0.4, -0.2) is 42.4 Å². The highest BCUT2D eigenvalue weighted by atomic mass is 16.2. The lowest BCUT2D eigenvalue weighted by Crippen LogP contribution is -2.34. The summed E-state index contributed by atoms with van der Waals surface area (Å²) in [7, 11) is 0. The van der Waals surface area contributed by atoms with Gasteiger partial charge in [-0.25, -0.2) is 0 Å². The van der Waals surface area contributed by atoms with Gasteiger partial charge in [-0.2, -0.15) is 0 Å². The average molecular weight is 243 g/mol. The third-order valence-electron chi connectivity index (χ3n) is 2.60. The van der Waals surface area contributed by atoms with E-state index in [0.717, 1.165) is 0 Å². The van der Waals surface area contributed by atoms with Crippen LogP contribution in [0.2, 0.25) is 0 Å². The highest BCUT2D eigenvalue weighted by molar-refractivity contribution is 5.79. The van der Waals surface area contributed by atoms with E-state index in [2.05, 4.69) is 5.32 Å². The number of hydrogen-bond donors (Lipinski definition) is 2. The largest absolute Gasteiger partial charge is 0.356 e. The summed E-state index contributed by atoms with van der Waals surface area (Å²) in [6, 6.07) is 0.0399. The van der Waals surface area contributed by atoms with Crippen LogP contribution in [0.4, 0.5) is 0 Å². The number of nitrogens with zero attached hydrogens (tertiary/aromatic N) is 1. The molecule has 100 valence electrons. The molecule has 5 heteroatoms. The number of hydrogen-bond acceptors (Lipinski definition) is 3. The molecule has 17 heavy (non-hydrogen) atoms. The summed E-state index contributed by atoms with van der Waals surface area (Å²) < 4.78 is 0. The Labute approximate surface area is 104 Å². The van der Waals surface area contributed by atoms with Gasteiger partial charge in [0.05, 0.1) is 0 Å². The molecule has 1 atom stereocenters. The first-order chi connectivity index (χ1) is 8.01. The zero-order valence-corrected chi connectivity index (χ0v) is 11.2. The zero-order valence-electron chi connectivity index (χ0n) is 11.2. The minimum absolute atomic E-state index is 0.0327. The molecule has 0 fully saturated rings. The normalized spacial score (nSPS) is 12.0. The van der Waals surface area contributed by atoms with Crippen molar-refractivity contribution in [3.8, 4) is 0 Å². The van der Waals surface area contributed by atoms with Crippen LogP contribution in [0.5, 0.6) is 0 Å². The summed E-state index contributed by atoms with van der Waals surface area (Å²) in [5.41, 5.74) is 5.55. The molecule has 3 N–H and O–H groups in total. The average Bonchev–Trinajstić information content (AvgIpc) is 2.28. The van der Waals surface area contributed by atoms with Crippen LogP contribution in [0.1, 0.15) is 40.0 Å². The Morgan fingerprint density at radius 2 is 1.82 bits per heavy atom. The van der Waals surface area contributed by atoms with Crippen molar-refractivity contribution in [3.63, 3.8) is 0 Å². The van der Waals surface area contributed by atoms with Crippen molar-refractivity contribution in [2.45, 2.75) is 46.1 Å². The second-order valence-corrected chi connectivity index (χ2v) is 4.18. The minimum atomic E-state index is -0.0327. The van der Waals surface area contributed by atoms with Crippen molar-refractivity contribution in [1.29, 1.82) is 0 Å². The van der Waals surface area contributed by atoms with Gasteiger partial charge in [0.1, 0.15) is 0 Å². The summed E-state index contributed by atoms with van der Waals surface area (Å²) >= 11 is 0. The smallest absolute Gasteiger partial charge is 0.224 e. The molecule has 0 saturated heterocycles. The van der Waals surface area contributed by atoms with E-state index >= 15 is 0 Å². The van der Waals surface area contributed by atoms with Gasteiger partial charge in [-0.1, -0.05) is 0 Å². The van der Waals surface area contributed by atoms with Gasteiger partial charge in [-0.05, 0) is 27.2 Å². The number of carbonyl (C=O) groups is 2. The van der Waals surface area contributed by atoms with E-state index in [0.29, 0.717) is 38.9 Å². The molecule has 0 saturated carbocycles. The van der Waals surface area contributed by atoms with Crippen molar-refractivity contribution in [2.75, 3.05) is 19.6 Å². The summed E-state index contributed by atoms with van der Waals surface area (Å²) in [5.74, 6) is 0.0529. The molecule has 0 radical (unpaired) electrons. The molecule has 0 spiro atoms.